The van der Waals surface area contributed by atoms with E-state index in [-0.39, 0.29) is 6.42 Å². The fraction of sp³-hybridized carbons (Fsp3) is 0.583. The van der Waals surface area contributed by atoms with Gasteiger partial charge in [-0.25, -0.2) is 0 Å². The quantitative estimate of drug-likeness (QED) is 0.418. The molecule has 6 nitrogen and oxygen atoms in total. The first-order chi connectivity index (χ1) is 8.43. The van der Waals surface area contributed by atoms with Gasteiger partial charge in [0.25, 0.3) is 0 Å². The first kappa shape index (κ1) is 14.2. The van der Waals surface area contributed by atoms with Crippen LogP contribution < -0.4 is 0 Å². The van der Waals surface area contributed by atoms with Crippen LogP contribution in [0.25, 0.3) is 0 Å². The molecule has 0 aromatic heterocycles. The van der Waals surface area contributed by atoms with Gasteiger partial charge in [0.15, 0.2) is 0 Å². The lowest BCUT2D eigenvalue weighted by Crippen LogP contribution is -2.38. The Kier molecular flexibility index (Phi) is 4.88. The van der Waals surface area contributed by atoms with Gasteiger partial charge in [-0.05, 0) is 12.2 Å². The van der Waals surface area contributed by atoms with E-state index in [1.807, 2.05) is 0 Å². The van der Waals surface area contributed by atoms with Gasteiger partial charge in [-0.1, -0.05) is 0 Å². The first-order valence-corrected chi connectivity index (χ1v) is 5.54. The minimum atomic E-state index is -0.679. The van der Waals surface area contributed by atoms with E-state index in [4.69, 9.17) is 9.47 Å². The van der Waals surface area contributed by atoms with Crippen molar-refractivity contribution < 1.29 is 28.6 Å². The Labute approximate surface area is 105 Å². The average molecular weight is 256 g/mol. The SMILES string of the molecule is COC(=O)[C@@H]1C[C@@H](OC(C)=O)C=C[C@H]1OC(C)=O. The number of hydrogen-bond acceptors (Lipinski definition) is 6. The molecule has 0 heterocycles. The second kappa shape index (κ2) is 6.18. The zero-order chi connectivity index (χ0) is 13.7. The summed E-state index contributed by atoms with van der Waals surface area (Å²) in [5.41, 5.74) is 0. The summed E-state index contributed by atoms with van der Waals surface area (Å²) in [5.74, 6) is -2.07. The van der Waals surface area contributed by atoms with E-state index in [1.54, 1.807) is 12.2 Å². The molecule has 6 heteroatoms. The third-order valence-electron chi connectivity index (χ3n) is 2.52. The Bertz CT molecular complexity index is 373. The summed E-state index contributed by atoms with van der Waals surface area (Å²) >= 11 is 0. The molecule has 1 rings (SSSR count). The predicted molar refractivity (Wildman–Crippen MR) is 60.4 cm³/mol. The maximum Gasteiger partial charge on any atom is 0.312 e. The molecule has 0 saturated heterocycles. The summed E-state index contributed by atoms with van der Waals surface area (Å²) in [6.45, 7) is 2.56. The average Bonchev–Trinajstić information content (AvgIpc) is 2.28. The smallest absolute Gasteiger partial charge is 0.312 e. The monoisotopic (exact) mass is 256 g/mol. The predicted octanol–water partition coefficient (Wildman–Crippen LogP) is 0.599. The van der Waals surface area contributed by atoms with Gasteiger partial charge in [0.1, 0.15) is 18.1 Å². The number of carbonyl (C=O) groups is 3. The topological polar surface area (TPSA) is 78.9 Å². The van der Waals surface area contributed by atoms with Crippen LogP contribution in [-0.4, -0.2) is 37.2 Å². The maximum absolute atomic E-state index is 11.6. The lowest BCUT2D eigenvalue weighted by molar-refractivity contribution is -0.161. The highest BCUT2D eigenvalue weighted by atomic mass is 16.6. The molecule has 1 aliphatic rings. The van der Waals surface area contributed by atoms with Crippen LogP contribution in [0.1, 0.15) is 20.3 Å². The number of esters is 3. The normalized spacial score (nSPS) is 26.3. The van der Waals surface area contributed by atoms with Crippen molar-refractivity contribution in [1.29, 1.82) is 0 Å². The highest BCUT2D eigenvalue weighted by molar-refractivity contribution is 5.75. The van der Waals surface area contributed by atoms with Gasteiger partial charge < -0.3 is 14.2 Å². The molecule has 1 aliphatic carbocycles. The van der Waals surface area contributed by atoms with Gasteiger partial charge in [0.2, 0.25) is 0 Å². The molecule has 100 valence electrons. The van der Waals surface area contributed by atoms with E-state index in [2.05, 4.69) is 4.74 Å². The highest BCUT2D eigenvalue weighted by Crippen LogP contribution is 2.25. The van der Waals surface area contributed by atoms with E-state index in [1.165, 1.54) is 21.0 Å². The van der Waals surface area contributed by atoms with Crippen molar-refractivity contribution in [3.05, 3.63) is 12.2 Å². The van der Waals surface area contributed by atoms with Crippen LogP contribution in [0.5, 0.6) is 0 Å². The number of methoxy groups -OCH3 is 1. The molecule has 0 amide bonds. The molecular formula is C12H16O6. The molecule has 0 radical (unpaired) electrons. The minimum Gasteiger partial charge on any atom is -0.469 e. The van der Waals surface area contributed by atoms with E-state index in [9.17, 15) is 14.4 Å². The summed E-state index contributed by atoms with van der Waals surface area (Å²) in [7, 11) is 1.26. The van der Waals surface area contributed by atoms with Crippen molar-refractivity contribution in [3.63, 3.8) is 0 Å². The molecule has 18 heavy (non-hydrogen) atoms. The third-order valence-corrected chi connectivity index (χ3v) is 2.52. The summed E-state index contributed by atoms with van der Waals surface area (Å²) in [5, 5.41) is 0. The van der Waals surface area contributed by atoms with Gasteiger partial charge in [0, 0.05) is 20.3 Å². The third kappa shape index (κ3) is 3.87. The molecule has 0 saturated carbocycles. The van der Waals surface area contributed by atoms with Crippen LogP contribution in [0, 0.1) is 5.92 Å². The molecule has 0 aromatic carbocycles. The van der Waals surface area contributed by atoms with E-state index in [0.29, 0.717) is 0 Å². The molecule has 0 aromatic rings. The Hall–Kier alpha value is -1.85. The molecule has 0 unspecified atom stereocenters. The first-order valence-electron chi connectivity index (χ1n) is 5.54. The van der Waals surface area contributed by atoms with Crippen molar-refractivity contribution in [1.82, 2.24) is 0 Å². The van der Waals surface area contributed by atoms with Crippen molar-refractivity contribution in [2.75, 3.05) is 7.11 Å². The van der Waals surface area contributed by atoms with Gasteiger partial charge in [-0.15, -0.1) is 0 Å². The maximum atomic E-state index is 11.6. The Morgan fingerprint density at radius 3 is 2.17 bits per heavy atom. The molecule has 0 N–H and O–H groups in total. The molecule has 0 spiro atoms. The molecule has 0 aliphatic heterocycles. The second-order valence-electron chi connectivity index (χ2n) is 3.97. The second-order valence-corrected chi connectivity index (χ2v) is 3.97. The minimum absolute atomic E-state index is 0.237. The number of ether oxygens (including phenoxy) is 3. The van der Waals surface area contributed by atoms with Crippen molar-refractivity contribution in [2.24, 2.45) is 5.92 Å². The summed E-state index contributed by atoms with van der Waals surface area (Å²) in [6, 6.07) is 0. The summed E-state index contributed by atoms with van der Waals surface area (Å²) < 4.78 is 14.7. The standard InChI is InChI=1S/C12H16O6/c1-7(13)17-9-4-5-11(18-8(2)14)10(6-9)12(15)16-3/h4-5,9-11H,6H2,1-3H3/t9-,10+,11+/m0/s1. The van der Waals surface area contributed by atoms with Crippen LogP contribution in [0.2, 0.25) is 0 Å². The van der Waals surface area contributed by atoms with Crippen LogP contribution in [0.3, 0.4) is 0 Å². The van der Waals surface area contributed by atoms with Gasteiger partial charge in [-0.3, -0.25) is 14.4 Å². The molecule has 0 bridgehead atoms. The van der Waals surface area contributed by atoms with Crippen LogP contribution in [0.15, 0.2) is 12.2 Å². The molecule has 0 fully saturated rings. The zero-order valence-corrected chi connectivity index (χ0v) is 10.5. The van der Waals surface area contributed by atoms with Gasteiger partial charge in [-0.2, -0.15) is 0 Å². The number of hydrogen-bond donors (Lipinski definition) is 0. The fourth-order valence-corrected chi connectivity index (χ4v) is 1.83. The van der Waals surface area contributed by atoms with Crippen LogP contribution >= 0.6 is 0 Å². The Morgan fingerprint density at radius 2 is 1.67 bits per heavy atom. The largest absolute Gasteiger partial charge is 0.469 e. The number of carbonyl (C=O) groups excluding carboxylic acids is 3. The van der Waals surface area contributed by atoms with Gasteiger partial charge in [0.05, 0.1) is 7.11 Å². The zero-order valence-electron chi connectivity index (χ0n) is 10.5. The Morgan fingerprint density at radius 1 is 1.06 bits per heavy atom. The van der Waals surface area contributed by atoms with Crippen molar-refractivity contribution in [2.45, 2.75) is 32.5 Å². The van der Waals surface area contributed by atoms with Crippen LogP contribution in [0.4, 0.5) is 0 Å². The summed E-state index contributed by atoms with van der Waals surface area (Å²) in [4.78, 5) is 33.4. The lowest BCUT2D eigenvalue weighted by atomic mass is 9.89. The van der Waals surface area contributed by atoms with E-state index >= 15 is 0 Å². The Balaban J connectivity index is 2.80. The molecule has 3 atom stereocenters. The van der Waals surface area contributed by atoms with E-state index < -0.39 is 36.0 Å². The number of rotatable bonds is 3. The van der Waals surface area contributed by atoms with E-state index in [0.717, 1.165) is 0 Å². The fourth-order valence-electron chi connectivity index (χ4n) is 1.83. The van der Waals surface area contributed by atoms with Crippen molar-refractivity contribution in [3.8, 4) is 0 Å². The lowest BCUT2D eigenvalue weighted by Gasteiger charge is -2.28. The van der Waals surface area contributed by atoms with Crippen molar-refractivity contribution >= 4 is 17.9 Å². The molecular weight excluding hydrogens is 240 g/mol. The highest BCUT2D eigenvalue weighted by Gasteiger charge is 2.36. The van der Waals surface area contributed by atoms with Crippen LogP contribution in [-0.2, 0) is 28.6 Å². The van der Waals surface area contributed by atoms with Gasteiger partial charge >= 0.3 is 17.9 Å². The summed E-state index contributed by atoms with van der Waals surface area (Å²) in [6.07, 6.45) is 2.20.